The third-order valence-corrected chi connectivity index (χ3v) is 4.24. The van der Waals surface area contributed by atoms with E-state index in [0.29, 0.717) is 5.92 Å². The Balaban J connectivity index is 2.30. The van der Waals surface area contributed by atoms with E-state index in [9.17, 15) is 5.11 Å². The van der Waals surface area contributed by atoms with Gasteiger partial charge in [0.25, 0.3) is 0 Å². The SMILES string of the molecule is Cc1ccc(C(C)(O)C2CCCC2)cc1C. The summed E-state index contributed by atoms with van der Waals surface area (Å²) in [6.45, 7) is 6.21. The molecule has 0 radical (unpaired) electrons. The minimum atomic E-state index is -0.644. The van der Waals surface area contributed by atoms with Gasteiger partial charge in [0.15, 0.2) is 0 Å². The first-order valence-corrected chi connectivity index (χ1v) is 6.32. The van der Waals surface area contributed by atoms with Crippen LogP contribution in [-0.2, 0) is 5.60 Å². The molecule has 0 aromatic heterocycles. The molecule has 1 nitrogen and oxygen atoms in total. The number of hydrogen-bond acceptors (Lipinski definition) is 1. The smallest absolute Gasteiger partial charge is 0.0896 e. The first-order valence-electron chi connectivity index (χ1n) is 6.32. The minimum absolute atomic E-state index is 0.439. The maximum atomic E-state index is 10.7. The average Bonchev–Trinajstić information content (AvgIpc) is 2.75. The van der Waals surface area contributed by atoms with Crippen LogP contribution < -0.4 is 0 Å². The molecule has 16 heavy (non-hydrogen) atoms. The van der Waals surface area contributed by atoms with Gasteiger partial charge in [-0.3, -0.25) is 0 Å². The Morgan fingerprint density at radius 1 is 1.12 bits per heavy atom. The van der Waals surface area contributed by atoms with Crippen LogP contribution in [-0.4, -0.2) is 5.11 Å². The van der Waals surface area contributed by atoms with Crippen molar-refractivity contribution in [1.29, 1.82) is 0 Å². The fourth-order valence-electron chi connectivity index (χ4n) is 2.78. The van der Waals surface area contributed by atoms with Crippen LogP contribution >= 0.6 is 0 Å². The molecular weight excluding hydrogens is 196 g/mol. The standard InChI is InChI=1S/C15H22O/c1-11-8-9-14(10-12(11)2)15(3,16)13-6-4-5-7-13/h8-10,13,16H,4-7H2,1-3H3. The number of aliphatic hydroxyl groups is 1. The molecule has 0 aliphatic heterocycles. The third kappa shape index (κ3) is 2.01. The molecule has 0 heterocycles. The normalized spacial score (nSPS) is 21.0. The predicted molar refractivity (Wildman–Crippen MR) is 67.4 cm³/mol. The predicted octanol–water partition coefficient (Wildman–Crippen LogP) is 3.70. The second-order valence-electron chi connectivity index (χ2n) is 5.43. The van der Waals surface area contributed by atoms with E-state index in [1.54, 1.807) is 0 Å². The summed E-state index contributed by atoms with van der Waals surface area (Å²) in [6, 6.07) is 6.35. The summed E-state index contributed by atoms with van der Waals surface area (Å²) in [5.41, 5.74) is 3.01. The topological polar surface area (TPSA) is 20.2 Å². The van der Waals surface area contributed by atoms with Gasteiger partial charge in [-0.1, -0.05) is 31.0 Å². The van der Waals surface area contributed by atoms with Crippen molar-refractivity contribution in [3.8, 4) is 0 Å². The Hall–Kier alpha value is -0.820. The van der Waals surface area contributed by atoms with E-state index in [2.05, 4.69) is 32.0 Å². The van der Waals surface area contributed by atoms with E-state index in [4.69, 9.17) is 0 Å². The van der Waals surface area contributed by atoms with Crippen LogP contribution in [0.25, 0.3) is 0 Å². The van der Waals surface area contributed by atoms with Crippen LogP contribution in [0.1, 0.15) is 49.3 Å². The minimum Gasteiger partial charge on any atom is -0.385 e. The van der Waals surface area contributed by atoms with E-state index in [1.165, 1.54) is 36.8 Å². The number of aryl methyl sites for hydroxylation is 2. The highest BCUT2D eigenvalue weighted by Crippen LogP contribution is 2.40. The summed E-state index contributed by atoms with van der Waals surface area (Å²) in [7, 11) is 0. The van der Waals surface area contributed by atoms with Gasteiger partial charge in [-0.25, -0.2) is 0 Å². The Kier molecular flexibility index (Phi) is 3.07. The van der Waals surface area contributed by atoms with Gasteiger partial charge in [0, 0.05) is 0 Å². The molecule has 1 heteroatoms. The van der Waals surface area contributed by atoms with Gasteiger partial charge in [-0.2, -0.15) is 0 Å². The largest absolute Gasteiger partial charge is 0.385 e. The van der Waals surface area contributed by atoms with Gasteiger partial charge in [0.1, 0.15) is 0 Å². The number of rotatable bonds is 2. The number of benzene rings is 1. The van der Waals surface area contributed by atoms with Crippen molar-refractivity contribution < 1.29 is 5.11 Å². The fourth-order valence-corrected chi connectivity index (χ4v) is 2.78. The van der Waals surface area contributed by atoms with Crippen molar-refractivity contribution in [2.45, 2.75) is 52.1 Å². The lowest BCUT2D eigenvalue weighted by Crippen LogP contribution is -2.30. The van der Waals surface area contributed by atoms with E-state index in [-0.39, 0.29) is 0 Å². The average molecular weight is 218 g/mol. The molecule has 1 fully saturated rings. The van der Waals surface area contributed by atoms with Gasteiger partial charge < -0.3 is 5.11 Å². The summed E-state index contributed by atoms with van der Waals surface area (Å²) < 4.78 is 0. The van der Waals surface area contributed by atoms with Crippen LogP contribution in [0.3, 0.4) is 0 Å². The van der Waals surface area contributed by atoms with Crippen molar-refractivity contribution in [2.24, 2.45) is 5.92 Å². The molecule has 0 spiro atoms. The third-order valence-electron chi connectivity index (χ3n) is 4.24. The van der Waals surface area contributed by atoms with Crippen LogP contribution in [0.5, 0.6) is 0 Å². The fraction of sp³-hybridized carbons (Fsp3) is 0.600. The molecular formula is C15H22O. The molecule has 1 saturated carbocycles. The van der Waals surface area contributed by atoms with Crippen molar-refractivity contribution in [3.05, 3.63) is 34.9 Å². The molecule has 88 valence electrons. The second-order valence-corrected chi connectivity index (χ2v) is 5.43. The highest BCUT2D eigenvalue weighted by Gasteiger charge is 2.35. The van der Waals surface area contributed by atoms with E-state index < -0.39 is 5.60 Å². The molecule has 1 N–H and O–H groups in total. The molecule has 1 aromatic carbocycles. The Bertz CT molecular complexity index is 373. The number of hydrogen-bond donors (Lipinski definition) is 1. The van der Waals surface area contributed by atoms with Gasteiger partial charge in [0.2, 0.25) is 0 Å². The Morgan fingerprint density at radius 2 is 1.75 bits per heavy atom. The zero-order valence-electron chi connectivity index (χ0n) is 10.6. The zero-order valence-corrected chi connectivity index (χ0v) is 10.6. The maximum Gasteiger partial charge on any atom is 0.0896 e. The van der Waals surface area contributed by atoms with Crippen LogP contribution in [0.4, 0.5) is 0 Å². The lowest BCUT2D eigenvalue weighted by molar-refractivity contribution is -0.00337. The summed E-state index contributed by atoms with van der Waals surface area (Å²) in [6.07, 6.45) is 4.87. The van der Waals surface area contributed by atoms with E-state index in [0.717, 1.165) is 5.56 Å². The van der Waals surface area contributed by atoms with Gasteiger partial charge in [-0.05, 0) is 56.2 Å². The second kappa shape index (κ2) is 4.21. The first kappa shape index (κ1) is 11.7. The molecule has 2 rings (SSSR count). The molecule has 1 atom stereocenters. The molecule has 1 aromatic rings. The highest BCUT2D eigenvalue weighted by molar-refractivity contribution is 5.33. The van der Waals surface area contributed by atoms with Crippen LogP contribution in [0, 0.1) is 19.8 Å². The van der Waals surface area contributed by atoms with Crippen molar-refractivity contribution in [1.82, 2.24) is 0 Å². The molecule has 0 bridgehead atoms. The Morgan fingerprint density at radius 3 is 2.31 bits per heavy atom. The monoisotopic (exact) mass is 218 g/mol. The Labute approximate surface area is 98.5 Å². The molecule has 1 unspecified atom stereocenters. The van der Waals surface area contributed by atoms with Gasteiger partial charge in [0.05, 0.1) is 5.60 Å². The lowest BCUT2D eigenvalue weighted by Gasteiger charge is -2.31. The van der Waals surface area contributed by atoms with Crippen LogP contribution in [0.2, 0.25) is 0 Å². The summed E-state index contributed by atoms with van der Waals surface area (Å²) >= 11 is 0. The molecule has 0 amide bonds. The lowest BCUT2D eigenvalue weighted by atomic mass is 9.81. The summed E-state index contributed by atoms with van der Waals surface area (Å²) in [5.74, 6) is 0.439. The van der Waals surface area contributed by atoms with Crippen molar-refractivity contribution in [2.75, 3.05) is 0 Å². The summed E-state index contributed by atoms with van der Waals surface area (Å²) in [5, 5.41) is 10.7. The highest BCUT2D eigenvalue weighted by atomic mass is 16.3. The van der Waals surface area contributed by atoms with Gasteiger partial charge >= 0.3 is 0 Å². The van der Waals surface area contributed by atoms with E-state index >= 15 is 0 Å². The maximum absolute atomic E-state index is 10.7. The molecule has 1 aliphatic rings. The molecule has 0 saturated heterocycles. The molecule has 1 aliphatic carbocycles. The van der Waals surface area contributed by atoms with Gasteiger partial charge in [-0.15, -0.1) is 0 Å². The first-order chi connectivity index (χ1) is 7.51. The summed E-state index contributed by atoms with van der Waals surface area (Å²) in [4.78, 5) is 0. The van der Waals surface area contributed by atoms with E-state index in [1.807, 2.05) is 6.92 Å². The van der Waals surface area contributed by atoms with Crippen LogP contribution in [0.15, 0.2) is 18.2 Å². The quantitative estimate of drug-likeness (QED) is 0.802. The van der Waals surface area contributed by atoms with Crippen molar-refractivity contribution in [3.63, 3.8) is 0 Å². The van der Waals surface area contributed by atoms with Crippen molar-refractivity contribution >= 4 is 0 Å². The zero-order chi connectivity index (χ0) is 11.8.